The Morgan fingerprint density at radius 2 is 1.93 bits per heavy atom. The van der Waals surface area contributed by atoms with Gasteiger partial charge in [-0.2, -0.15) is 4.72 Å². The van der Waals surface area contributed by atoms with Gasteiger partial charge in [-0.1, -0.05) is 5.92 Å². The van der Waals surface area contributed by atoms with Crippen molar-refractivity contribution in [1.29, 1.82) is 0 Å². The van der Waals surface area contributed by atoms with E-state index >= 15 is 0 Å². The molecule has 0 unspecified atom stereocenters. The smallest absolute Gasteiger partial charge is 0.251 e. The number of benzene rings is 1. The van der Waals surface area contributed by atoms with E-state index in [0.29, 0.717) is 11.3 Å². The Kier molecular flexibility index (Phi) is 6.55. The highest BCUT2D eigenvalue weighted by Crippen LogP contribution is 2.23. The monoisotopic (exact) mass is 387 g/mol. The third kappa shape index (κ3) is 4.84. The van der Waals surface area contributed by atoms with Crippen molar-refractivity contribution in [2.45, 2.75) is 25.3 Å². The predicted octanol–water partition coefficient (Wildman–Crippen LogP) is 1.55. The van der Waals surface area contributed by atoms with Crippen LogP contribution in [0.1, 0.15) is 27.2 Å². The number of hydrogen-bond donors (Lipinski definition) is 2. The summed E-state index contributed by atoms with van der Waals surface area (Å²) >= 11 is 0. The van der Waals surface area contributed by atoms with E-state index in [1.54, 1.807) is 13.3 Å². The molecule has 142 valence electrons. The van der Waals surface area contributed by atoms with Crippen molar-refractivity contribution in [2.24, 2.45) is 0 Å². The van der Waals surface area contributed by atoms with Crippen LogP contribution in [0, 0.1) is 26.2 Å². The molecule has 0 aliphatic rings. The van der Waals surface area contributed by atoms with E-state index in [1.807, 2.05) is 13.8 Å². The zero-order chi connectivity index (χ0) is 20.0. The molecule has 0 spiro atoms. The maximum atomic E-state index is 12.3. The molecule has 0 fully saturated rings. The molecule has 1 aromatic heterocycles. The second kappa shape index (κ2) is 8.66. The quantitative estimate of drug-likeness (QED) is 0.703. The van der Waals surface area contributed by atoms with Gasteiger partial charge in [0.15, 0.2) is 0 Å². The van der Waals surface area contributed by atoms with Crippen LogP contribution < -0.4 is 14.8 Å². The summed E-state index contributed by atoms with van der Waals surface area (Å²) in [4.78, 5) is 16.7. The van der Waals surface area contributed by atoms with Crippen LogP contribution in [0.5, 0.6) is 5.75 Å². The first kappa shape index (κ1) is 20.4. The highest BCUT2D eigenvalue weighted by molar-refractivity contribution is 7.89. The van der Waals surface area contributed by atoms with Gasteiger partial charge in [0.25, 0.3) is 5.91 Å². The summed E-state index contributed by atoms with van der Waals surface area (Å²) in [6.45, 7) is 3.90. The van der Waals surface area contributed by atoms with Crippen LogP contribution in [-0.4, -0.2) is 33.0 Å². The minimum absolute atomic E-state index is 0.0371. The molecular weight excluding hydrogens is 366 g/mol. The van der Waals surface area contributed by atoms with E-state index in [2.05, 4.69) is 20.9 Å². The van der Waals surface area contributed by atoms with Gasteiger partial charge in [0.1, 0.15) is 5.75 Å². The first-order valence-electron chi connectivity index (χ1n) is 8.10. The number of carbonyl (C=O) groups is 1. The van der Waals surface area contributed by atoms with Crippen LogP contribution in [-0.2, 0) is 16.6 Å². The normalized spacial score (nSPS) is 10.9. The Morgan fingerprint density at radius 3 is 2.52 bits per heavy atom. The van der Waals surface area contributed by atoms with Crippen molar-refractivity contribution in [3.63, 3.8) is 0 Å². The number of nitrogens with zero attached hydrogens (tertiary/aromatic N) is 1. The van der Waals surface area contributed by atoms with Crippen molar-refractivity contribution in [3.8, 4) is 18.1 Å². The first-order valence-corrected chi connectivity index (χ1v) is 9.59. The number of carbonyl (C=O) groups excluding carboxylic acids is 1. The minimum atomic E-state index is -3.69. The Balaban J connectivity index is 2.08. The Bertz CT molecular complexity index is 977. The Morgan fingerprint density at radius 1 is 1.26 bits per heavy atom. The SMILES string of the molecule is C#CCNS(=O)(=O)c1ccc(C(=O)NCc2ncc(C)c(OC)c2C)cc1. The fraction of sp³-hybridized carbons (Fsp3) is 0.263. The Hall–Kier alpha value is -2.89. The molecule has 7 nitrogen and oxygen atoms in total. The summed E-state index contributed by atoms with van der Waals surface area (Å²) in [5.41, 5.74) is 2.81. The molecule has 0 radical (unpaired) electrons. The van der Waals surface area contributed by atoms with Gasteiger partial charge in [-0.3, -0.25) is 9.78 Å². The highest BCUT2D eigenvalue weighted by atomic mass is 32.2. The van der Waals surface area contributed by atoms with Gasteiger partial charge in [0, 0.05) is 22.9 Å². The predicted molar refractivity (Wildman–Crippen MR) is 102 cm³/mol. The number of rotatable bonds is 7. The van der Waals surface area contributed by atoms with Crippen LogP contribution in [0.4, 0.5) is 0 Å². The van der Waals surface area contributed by atoms with Crippen molar-refractivity contribution >= 4 is 15.9 Å². The number of pyridine rings is 1. The maximum Gasteiger partial charge on any atom is 0.251 e. The molecule has 0 atom stereocenters. The van der Waals surface area contributed by atoms with Gasteiger partial charge < -0.3 is 10.1 Å². The van der Waals surface area contributed by atoms with E-state index < -0.39 is 10.0 Å². The van der Waals surface area contributed by atoms with E-state index in [0.717, 1.165) is 16.9 Å². The molecule has 0 aliphatic heterocycles. The van der Waals surface area contributed by atoms with E-state index in [-0.39, 0.29) is 23.9 Å². The number of hydrogen-bond acceptors (Lipinski definition) is 5. The molecule has 8 heteroatoms. The van der Waals surface area contributed by atoms with Crippen molar-refractivity contribution < 1.29 is 17.9 Å². The Labute approximate surface area is 159 Å². The molecule has 27 heavy (non-hydrogen) atoms. The third-order valence-electron chi connectivity index (χ3n) is 3.96. The molecule has 1 aromatic carbocycles. The zero-order valence-electron chi connectivity index (χ0n) is 15.4. The molecule has 0 aliphatic carbocycles. The number of aryl methyl sites for hydroxylation is 1. The first-order chi connectivity index (χ1) is 12.8. The fourth-order valence-corrected chi connectivity index (χ4v) is 3.46. The topological polar surface area (TPSA) is 97.4 Å². The molecule has 1 heterocycles. The number of methoxy groups -OCH3 is 1. The van der Waals surface area contributed by atoms with Gasteiger partial charge in [-0.15, -0.1) is 6.42 Å². The van der Waals surface area contributed by atoms with Crippen LogP contribution in [0.3, 0.4) is 0 Å². The largest absolute Gasteiger partial charge is 0.496 e. The number of sulfonamides is 1. The fourth-order valence-electron chi connectivity index (χ4n) is 2.52. The van der Waals surface area contributed by atoms with E-state index in [4.69, 9.17) is 11.2 Å². The number of aromatic nitrogens is 1. The molecular formula is C19H21N3O4S. The lowest BCUT2D eigenvalue weighted by atomic mass is 10.1. The number of ether oxygens (including phenoxy) is 1. The summed E-state index contributed by atoms with van der Waals surface area (Å²) in [5, 5.41) is 2.77. The second-order valence-electron chi connectivity index (χ2n) is 5.78. The molecule has 2 aromatic rings. The number of terminal acetylenes is 1. The average molecular weight is 387 g/mol. The van der Waals surface area contributed by atoms with E-state index in [1.165, 1.54) is 24.3 Å². The molecule has 2 rings (SSSR count). The molecule has 0 saturated carbocycles. The second-order valence-corrected chi connectivity index (χ2v) is 7.55. The molecule has 0 bridgehead atoms. The standard InChI is InChI=1S/C19H21N3O4S/c1-5-10-22-27(24,25)16-8-6-15(7-9-16)19(23)21-12-17-14(3)18(26-4)13(2)11-20-17/h1,6-9,11,22H,10,12H2,2-4H3,(H,21,23). The molecule has 2 N–H and O–H groups in total. The van der Waals surface area contributed by atoms with Crippen molar-refractivity contribution in [1.82, 2.24) is 15.0 Å². The summed E-state index contributed by atoms with van der Waals surface area (Å²) in [5.74, 6) is 2.60. The van der Waals surface area contributed by atoms with Gasteiger partial charge in [-0.25, -0.2) is 8.42 Å². The van der Waals surface area contributed by atoms with Gasteiger partial charge in [0.05, 0.1) is 30.8 Å². The van der Waals surface area contributed by atoms with Crippen LogP contribution in [0.15, 0.2) is 35.4 Å². The van der Waals surface area contributed by atoms with Crippen molar-refractivity contribution in [3.05, 3.63) is 52.8 Å². The van der Waals surface area contributed by atoms with Gasteiger partial charge in [0.2, 0.25) is 10.0 Å². The van der Waals surface area contributed by atoms with Gasteiger partial charge >= 0.3 is 0 Å². The lowest BCUT2D eigenvalue weighted by Gasteiger charge is -2.13. The number of nitrogens with one attached hydrogen (secondary N) is 2. The van der Waals surface area contributed by atoms with Crippen LogP contribution >= 0.6 is 0 Å². The van der Waals surface area contributed by atoms with E-state index in [9.17, 15) is 13.2 Å². The lowest BCUT2D eigenvalue weighted by molar-refractivity contribution is 0.0950. The summed E-state index contributed by atoms with van der Waals surface area (Å²) in [7, 11) is -2.10. The number of amides is 1. The molecule has 0 saturated heterocycles. The maximum absolute atomic E-state index is 12.3. The van der Waals surface area contributed by atoms with Crippen LogP contribution in [0.2, 0.25) is 0 Å². The van der Waals surface area contributed by atoms with Crippen molar-refractivity contribution in [2.75, 3.05) is 13.7 Å². The minimum Gasteiger partial charge on any atom is -0.496 e. The third-order valence-corrected chi connectivity index (χ3v) is 5.37. The van der Waals surface area contributed by atoms with Crippen LogP contribution in [0.25, 0.3) is 0 Å². The van der Waals surface area contributed by atoms with Gasteiger partial charge in [-0.05, 0) is 38.1 Å². The highest BCUT2D eigenvalue weighted by Gasteiger charge is 2.15. The average Bonchev–Trinajstić information content (AvgIpc) is 2.66. The lowest BCUT2D eigenvalue weighted by Crippen LogP contribution is -2.25. The summed E-state index contributed by atoms with van der Waals surface area (Å²) in [6.07, 6.45) is 6.74. The molecule has 1 amide bonds. The zero-order valence-corrected chi connectivity index (χ0v) is 16.2. The summed E-state index contributed by atoms with van der Waals surface area (Å²) < 4.78 is 31.6. The summed E-state index contributed by atoms with van der Waals surface area (Å²) in [6, 6.07) is 5.59.